The van der Waals surface area contributed by atoms with Crippen LogP contribution in [0.5, 0.6) is 0 Å². The highest BCUT2D eigenvalue weighted by atomic mass is 35.5. The lowest BCUT2D eigenvalue weighted by Gasteiger charge is -2.49. The van der Waals surface area contributed by atoms with Crippen molar-refractivity contribution >= 4 is 34.7 Å². The maximum Gasteiger partial charge on any atom is 0.0931 e. The van der Waals surface area contributed by atoms with E-state index in [0.29, 0.717) is 5.41 Å². The van der Waals surface area contributed by atoms with E-state index in [4.69, 9.17) is 17.3 Å². The summed E-state index contributed by atoms with van der Waals surface area (Å²) in [5, 5.41) is 0. The maximum absolute atomic E-state index is 6.14. The summed E-state index contributed by atoms with van der Waals surface area (Å²) >= 11 is 9.71. The lowest BCUT2D eigenvalue weighted by Crippen LogP contribution is -2.58. The van der Waals surface area contributed by atoms with Crippen LogP contribution in [0, 0.1) is 5.41 Å². The zero-order valence-corrected chi connectivity index (χ0v) is 14.3. The normalized spacial score (nSPS) is 26.8. The molecule has 0 saturated carbocycles. The summed E-state index contributed by atoms with van der Waals surface area (Å²) in [6.45, 7) is 6.35. The predicted molar refractivity (Wildman–Crippen MR) is 88.3 cm³/mol. The fourth-order valence-corrected chi connectivity index (χ4v) is 5.60. The van der Waals surface area contributed by atoms with Gasteiger partial charge in [0.15, 0.2) is 0 Å². The Hall–Kier alpha value is 0.260. The van der Waals surface area contributed by atoms with Gasteiger partial charge >= 0.3 is 0 Å². The first kappa shape index (κ1) is 15.6. The number of nitrogens with two attached hydrogens (primary N) is 1. The molecule has 1 unspecified atom stereocenters. The number of rotatable bonds is 4. The molecular weight excluding hydrogens is 296 g/mol. The monoisotopic (exact) mass is 318 g/mol. The van der Waals surface area contributed by atoms with Crippen LogP contribution in [0.4, 0.5) is 0 Å². The van der Waals surface area contributed by atoms with Gasteiger partial charge in [0.05, 0.1) is 4.34 Å². The van der Waals surface area contributed by atoms with Crippen molar-refractivity contribution in [1.82, 2.24) is 4.90 Å². The quantitative estimate of drug-likeness (QED) is 0.918. The molecule has 19 heavy (non-hydrogen) atoms. The van der Waals surface area contributed by atoms with Crippen LogP contribution < -0.4 is 5.73 Å². The third-order valence-electron chi connectivity index (χ3n) is 3.88. The Morgan fingerprint density at radius 2 is 2.11 bits per heavy atom. The van der Waals surface area contributed by atoms with E-state index in [9.17, 15) is 0 Å². The summed E-state index contributed by atoms with van der Waals surface area (Å²) in [5.41, 5.74) is 6.62. The first-order valence-electron chi connectivity index (χ1n) is 6.60. The van der Waals surface area contributed by atoms with Crippen LogP contribution in [0.3, 0.4) is 0 Å². The number of hydrogen-bond acceptors (Lipinski definition) is 4. The number of halogens is 1. The van der Waals surface area contributed by atoms with Gasteiger partial charge in [-0.2, -0.15) is 11.8 Å². The number of thioether (sulfide) groups is 1. The van der Waals surface area contributed by atoms with Gasteiger partial charge in [-0.3, -0.25) is 4.90 Å². The third-order valence-corrected chi connectivity index (χ3v) is 6.83. The predicted octanol–water partition coefficient (Wildman–Crippen LogP) is 3.69. The molecule has 0 spiro atoms. The average Bonchev–Trinajstić information content (AvgIpc) is 2.73. The molecule has 0 bridgehead atoms. The van der Waals surface area contributed by atoms with Crippen LogP contribution in [0.25, 0.3) is 0 Å². The van der Waals surface area contributed by atoms with Crippen LogP contribution in [0.15, 0.2) is 12.1 Å². The standard InChI is InChI=1S/C14H23ClN2S2/c1-13(2)7-14(8-16,10-18-9-13)17(3)6-11-4-5-12(15)19-11/h4-5H,6-10,16H2,1-3H3. The number of likely N-dealkylation sites (N-methyl/N-ethyl adjacent to an activating group) is 1. The van der Waals surface area contributed by atoms with Crippen LogP contribution in [-0.2, 0) is 6.54 Å². The third kappa shape index (κ3) is 3.67. The number of nitrogens with zero attached hydrogens (tertiary/aromatic N) is 1. The van der Waals surface area contributed by atoms with Crippen LogP contribution in [0.2, 0.25) is 4.34 Å². The molecule has 1 atom stereocenters. The zero-order chi connectivity index (χ0) is 14.1. The molecule has 2 rings (SSSR count). The SMILES string of the molecule is CN(Cc1ccc(Cl)s1)C1(CN)CSCC(C)(C)C1. The Morgan fingerprint density at radius 3 is 2.63 bits per heavy atom. The molecule has 2 heterocycles. The number of thiophene rings is 1. The van der Waals surface area contributed by atoms with Crippen molar-refractivity contribution in [2.75, 3.05) is 25.1 Å². The smallest absolute Gasteiger partial charge is 0.0931 e. The molecule has 1 fully saturated rings. The Labute approximate surface area is 129 Å². The van der Waals surface area contributed by atoms with Gasteiger partial charge in [0.25, 0.3) is 0 Å². The topological polar surface area (TPSA) is 29.3 Å². The highest BCUT2D eigenvalue weighted by Crippen LogP contribution is 2.42. The molecule has 2 N–H and O–H groups in total. The molecule has 1 aromatic rings. The molecule has 0 amide bonds. The van der Waals surface area contributed by atoms with Crippen molar-refractivity contribution in [3.05, 3.63) is 21.3 Å². The second-order valence-electron chi connectivity index (χ2n) is 6.32. The molecule has 108 valence electrons. The summed E-state index contributed by atoms with van der Waals surface area (Å²) in [6.07, 6.45) is 1.17. The molecule has 1 aliphatic rings. The molecule has 1 aliphatic heterocycles. The van der Waals surface area contributed by atoms with Gasteiger partial charge in [-0.1, -0.05) is 25.4 Å². The fraction of sp³-hybridized carbons (Fsp3) is 0.714. The highest BCUT2D eigenvalue weighted by Gasteiger charge is 2.42. The van der Waals surface area contributed by atoms with E-state index in [0.717, 1.165) is 23.2 Å². The fourth-order valence-electron chi connectivity index (χ4n) is 2.88. The van der Waals surface area contributed by atoms with Crippen molar-refractivity contribution in [2.24, 2.45) is 11.1 Å². The van der Waals surface area contributed by atoms with Crippen molar-refractivity contribution in [1.29, 1.82) is 0 Å². The van der Waals surface area contributed by atoms with Crippen molar-refractivity contribution in [3.63, 3.8) is 0 Å². The highest BCUT2D eigenvalue weighted by molar-refractivity contribution is 7.99. The minimum absolute atomic E-state index is 0.114. The van der Waals surface area contributed by atoms with E-state index in [1.165, 1.54) is 17.1 Å². The summed E-state index contributed by atoms with van der Waals surface area (Å²) in [5.74, 6) is 2.36. The lowest BCUT2D eigenvalue weighted by atomic mass is 9.79. The van der Waals surface area contributed by atoms with E-state index < -0.39 is 0 Å². The summed E-state index contributed by atoms with van der Waals surface area (Å²) in [6, 6.07) is 4.10. The van der Waals surface area contributed by atoms with Gasteiger partial charge in [-0.05, 0) is 36.8 Å². The Morgan fingerprint density at radius 1 is 1.37 bits per heavy atom. The van der Waals surface area contributed by atoms with Gasteiger partial charge in [-0.15, -0.1) is 11.3 Å². The van der Waals surface area contributed by atoms with Crippen molar-refractivity contribution in [2.45, 2.75) is 32.4 Å². The second-order valence-corrected chi connectivity index (χ2v) is 9.11. The van der Waals surface area contributed by atoms with E-state index in [-0.39, 0.29) is 5.54 Å². The molecular formula is C14H23ClN2S2. The second kappa shape index (κ2) is 5.94. The first-order chi connectivity index (χ1) is 8.87. The average molecular weight is 319 g/mol. The van der Waals surface area contributed by atoms with Crippen molar-refractivity contribution < 1.29 is 0 Å². The van der Waals surface area contributed by atoms with E-state index in [1.807, 2.05) is 17.8 Å². The lowest BCUT2D eigenvalue weighted by molar-refractivity contribution is 0.0879. The summed E-state index contributed by atoms with van der Waals surface area (Å²) < 4.78 is 0.864. The molecule has 0 aliphatic carbocycles. The molecule has 1 saturated heterocycles. The Kier molecular flexibility index (Phi) is 4.89. The van der Waals surface area contributed by atoms with Gasteiger partial charge in [0, 0.05) is 29.3 Å². The maximum atomic E-state index is 6.14. The van der Waals surface area contributed by atoms with Crippen LogP contribution in [-0.4, -0.2) is 35.5 Å². The molecule has 0 radical (unpaired) electrons. The molecule has 0 aromatic carbocycles. The van der Waals surface area contributed by atoms with E-state index in [1.54, 1.807) is 11.3 Å². The largest absolute Gasteiger partial charge is 0.329 e. The van der Waals surface area contributed by atoms with Crippen LogP contribution >= 0.6 is 34.7 Å². The molecule has 2 nitrogen and oxygen atoms in total. The molecule has 1 aromatic heterocycles. The minimum Gasteiger partial charge on any atom is -0.329 e. The van der Waals surface area contributed by atoms with Crippen molar-refractivity contribution in [3.8, 4) is 0 Å². The Bertz CT molecular complexity index is 433. The van der Waals surface area contributed by atoms with Crippen LogP contribution in [0.1, 0.15) is 25.1 Å². The zero-order valence-electron chi connectivity index (χ0n) is 11.9. The molecule has 5 heteroatoms. The van der Waals surface area contributed by atoms with E-state index >= 15 is 0 Å². The van der Waals surface area contributed by atoms with Gasteiger partial charge in [0.1, 0.15) is 0 Å². The Balaban J connectivity index is 2.11. The first-order valence-corrected chi connectivity index (χ1v) is 8.95. The summed E-state index contributed by atoms with van der Waals surface area (Å²) in [4.78, 5) is 3.75. The van der Waals surface area contributed by atoms with Gasteiger partial charge in [-0.25, -0.2) is 0 Å². The van der Waals surface area contributed by atoms with Gasteiger partial charge in [0.2, 0.25) is 0 Å². The van der Waals surface area contributed by atoms with Gasteiger partial charge < -0.3 is 5.73 Å². The van der Waals surface area contributed by atoms with E-state index in [2.05, 4.69) is 31.9 Å². The number of hydrogen-bond donors (Lipinski definition) is 1. The minimum atomic E-state index is 0.114. The summed E-state index contributed by atoms with van der Waals surface area (Å²) in [7, 11) is 2.20.